The van der Waals surface area contributed by atoms with Gasteiger partial charge in [-0.25, -0.2) is 9.97 Å². The van der Waals surface area contributed by atoms with Gasteiger partial charge in [0.25, 0.3) is 5.91 Å². The van der Waals surface area contributed by atoms with Crippen LogP contribution in [0, 0.1) is 20.8 Å². The molecule has 4 rings (SSSR count). The molecule has 4 aromatic heterocycles. The first kappa shape index (κ1) is 17.8. The molecular weight excluding hydrogens is 356 g/mol. The van der Waals surface area contributed by atoms with E-state index in [1.54, 1.807) is 10.7 Å². The van der Waals surface area contributed by atoms with Crippen molar-refractivity contribution in [1.29, 1.82) is 0 Å². The molecule has 28 heavy (non-hydrogen) atoms. The third-order valence-electron chi connectivity index (χ3n) is 4.54. The Morgan fingerprint density at radius 1 is 1.14 bits per heavy atom. The smallest absolute Gasteiger partial charge is 0.256 e. The van der Waals surface area contributed by atoms with Crippen molar-refractivity contribution < 1.29 is 9.53 Å². The fourth-order valence-corrected chi connectivity index (χ4v) is 3.18. The number of hydrogen-bond donors (Lipinski definition) is 1. The summed E-state index contributed by atoms with van der Waals surface area (Å²) >= 11 is 0. The zero-order valence-corrected chi connectivity index (χ0v) is 16.1. The van der Waals surface area contributed by atoms with Gasteiger partial charge in [0.2, 0.25) is 0 Å². The van der Waals surface area contributed by atoms with Crippen molar-refractivity contribution in [3.05, 3.63) is 58.8 Å². The van der Waals surface area contributed by atoms with Crippen molar-refractivity contribution >= 4 is 22.6 Å². The standard InChI is InChI=1S/C20H20N6O2/c1-11-5-6-14(8-21-11)9-23-20(27)15-10-22-19-17(18(15)28-4)13(3)24-16-7-12(2)25-26(16)19/h5-8,10H,9H2,1-4H3,(H,23,27). The van der Waals surface area contributed by atoms with E-state index in [0.29, 0.717) is 34.5 Å². The molecule has 0 radical (unpaired) electrons. The van der Waals surface area contributed by atoms with Crippen LogP contribution in [0.1, 0.15) is 33.0 Å². The largest absolute Gasteiger partial charge is 0.495 e. The minimum Gasteiger partial charge on any atom is -0.495 e. The Morgan fingerprint density at radius 2 is 1.96 bits per heavy atom. The van der Waals surface area contributed by atoms with Gasteiger partial charge < -0.3 is 10.1 Å². The molecule has 142 valence electrons. The van der Waals surface area contributed by atoms with Crippen molar-refractivity contribution in [2.75, 3.05) is 7.11 Å². The van der Waals surface area contributed by atoms with E-state index in [4.69, 9.17) is 4.74 Å². The molecule has 0 aromatic carbocycles. The van der Waals surface area contributed by atoms with Gasteiger partial charge in [-0.3, -0.25) is 9.78 Å². The fraction of sp³-hybridized carbons (Fsp3) is 0.250. The molecule has 8 heteroatoms. The molecule has 0 saturated heterocycles. The van der Waals surface area contributed by atoms with Gasteiger partial charge >= 0.3 is 0 Å². The molecule has 4 heterocycles. The molecule has 1 N–H and O–H groups in total. The van der Waals surface area contributed by atoms with E-state index in [-0.39, 0.29) is 5.91 Å². The Balaban J connectivity index is 1.74. The Hall–Kier alpha value is -3.55. The normalized spacial score (nSPS) is 11.1. The molecule has 0 aliphatic heterocycles. The number of carbonyl (C=O) groups is 1. The molecular formula is C20H20N6O2. The predicted molar refractivity (Wildman–Crippen MR) is 104 cm³/mol. The molecule has 1 amide bonds. The molecule has 0 bridgehead atoms. The summed E-state index contributed by atoms with van der Waals surface area (Å²) in [7, 11) is 1.54. The topological polar surface area (TPSA) is 94.3 Å². The Labute approximate surface area is 161 Å². The maximum atomic E-state index is 12.8. The lowest BCUT2D eigenvalue weighted by molar-refractivity contribution is 0.0947. The number of amides is 1. The van der Waals surface area contributed by atoms with Gasteiger partial charge in [0.05, 0.1) is 23.9 Å². The van der Waals surface area contributed by atoms with Crippen LogP contribution in [0.5, 0.6) is 5.75 Å². The second kappa shape index (κ2) is 6.88. The van der Waals surface area contributed by atoms with Gasteiger partial charge in [-0.05, 0) is 32.4 Å². The number of nitrogens with zero attached hydrogens (tertiary/aromatic N) is 5. The van der Waals surface area contributed by atoms with E-state index in [0.717, 1.165) is 22.6 Å². The Morgan fingerprint density at radius 3 is 2.68 bits per heavy atom. The van der Waals surface area contributed by atoms with Gasteiger partial charge in [-0.15, -0.1) is 0 Å². The molecule has 8 nitrogen and oxygen atoms in total. The van der Waals surface area contributed by atoms with Gasteiger partial charge in [0.1, 0.15) is 11.3 Å². The van der Waals surface area contributed by atoms with Gasteiger partial charge in [0.15, 0.2) is 11.3 Å². The summed E-state index contributed by atoms with van der Waals surface area (Å²) in [6.07, 6.45) is 3.26. The second-order valence-electron chi connectivity index (χ2n) is 6.65. The molecule has 0 spiro atoms. The number of hydrogen-bond acceptors (Lipinski definition) is 6. The van der Waals surface area contributed by atoms with Gasteiger partial charge in [-0.2, -0.15) is 9.61 Å². The summed E-state index contributed by atoms with van der Waals surface area (Å²) in [6.45, 7) is 6.05. The zero-order chi connectivity index (χ0) is 19.8. The Bertz CT molecular complexity index is 1200. The average Bonchev–Trinajstić information content (AvgIpc) is 3.06. The number of aryl methyl sites for hydroxylation is 3. The summed E-state index contributed by atoms with van der Waals surface area (Å²) in [5, 5.41) is 8.01. The first-order chi connectivity index (χ1) is 13.5. The molecule has 0 saturated carbocycles. The van der Waals surface area contributed by atoms with Crippen molar-refractivity contribution in [2.45, 2.75) is 27.3 Å². The fourth-order valence-electron chi connectivity index (χ4n) is 3.18. The number of carbonyl (C=O) groups excluding carboxylic acids is 1. The van der Waals surface area contributed by atoms with Gasteiger partial charge in [-0.1, -0.05) is 6.07 Å². The zero-order valence-electron chi connectivity index (χ0n) is 16.1. The summed E-state index contributed by atoms with van der Waals surface area (Å²) in [6, 6.07) is 5.73. The lowest BCUT2D eigenvalue weighted by Gasteiger charge is -2.13. The van der Waals surface area contributed by atoms with Crippen molar-refractivity contribution in [1.82, 2.24) is 29.9 Å². The van der Waals surface area contributed by atoms with E-state index >= 15 is 0 Å². The molecule has 0 unspecified atom stereocenters. The van der Waals surface area contributed by atoms with Crippen LogP contribution >= 0.6 is 0 Å². The highest BCUT2D eigenvalue weighted by Crippen LogP contribution is 2.30. The highest BCUT2D eigenvalue weighted by atomic mass is 16.5. The van der Waals surface area contributed by atoms with E-state index in [1.165, 1.54) is 13.3 Å². The number of ether oxygens (including phenoxy) is 1. The van der Waals surface area contributed by atoms with E-state index in [2.05, 4.69) is 25.4 Å². The monoisotopic (exact) mass is 376 g/mol. The van der Waals surface area contributed by atoms with Crippen molar-refractivity contribution in [3.8, 4) is 5.75 Å². The van der Waals surface area contributed by atoms with Crippen molar-refractivity contribution in [2.24, 2.45) is 0 Å². The van der Waals surface area contributed by atoms with Crippen LogP contribution in [0.15, 0.2) is 30.6 Å². The number of nitrogens with one attached hydrogen (secondary N) is 1. The molecule has 0 aliphatic carbocycles. The highest BCUT2D eigenvalue weighted by molar-refractivity contribution is 6.02. The summed E-state index contributed by atoms with van der Waals surface area (Å²) in [5.74, 6) is 0.160. The van der Waals surface area contributed by atoms with E-state index in [1.807, 2.05) is 39.0 Å². The molecule has 0 aliphatic rings. The summed E-state index contributed by atoms with van der Waals surface area (Å²) < 4.78 is 7.26. The molecule has 4 aromatic rings. The quantitative estimate of drug-likeness (QED) is 0.588. The number of rotatable bonds is 4. The van der Waals surface area contributed by atoms with Crippen LogP contribution in [0.2, 0.25) is 0 Å². The van der Waals surface area contributed by atoms with Crippen LogP contribution in [0.3, 0.4) is 0 Å². The first-order valence-corrected chi connectivity index (χ1v) is 8.87. The average molecular weight is 376 g/mol. The van der Waals surface area contributed by atoms with Gasteiger partial charge in [0, 0.05) is 30.7 Å². The van der Waals surface area contributed by atoms with Crippen LogP contribution in [0.4, 0.5) is 0 Å². The number of fused-ring (bicyclic) bond motifs is 3. The van der Waals surface area contributed by atoms with Crippen molar-refractivity contribution in [3.63, 3.8) is 0 Å². The van der Waals surface area contributed by atoms with E-state index in [9.17, 15) is 4.79 Å². The molecule has 0 atom stereocenters. The SMILES string of the molecule is COc1c(C(=O)NCc2ccc(C)nc2)cnc2c1c(C)nc1cc(C)nn12. The maximum absolute atomic E-state index is 12.8. The third kappa shape index (κ3) is 3.02. The van der Waals surface area contributed by atoms with Crippen LogP contribution in [0.25, 0.3) is 16.7 Å². The number of aromatic nitrogens is 5. The number of methoxy groups -OCH3 is 1. The van der Waals surface area contributed by atoms with Crippen LogP contribution in [-0.4, -0.2) is 37.6 Å². The molecule has 0 fully saturated rings. The summed E-state index contributed by atoms with van der Waals surface area (Å²) in [4.78, 5) is 26.1. The second-order valence-corrected chi connectivity index (χ2v) is 6.65. The summed E-state index contributed by atoms with van der Waals surface area (Å²) in [5.41, 5.74) is 5.07. The maximum Gasteiger partial charge on any atom is 0.256 e. The third-order valence-corrected chi connectivity index (χ3v) is 4.54. The lowest BCUT2D eigenvalue weighted by Crippen LogP contribution is -2.24. The first-order valence-electron chi connectivity index (χ1n) is 8.87. The number of pyridine rings is 2. The Kier molecular flexibility index (Phi) is 4.38. The highest BCUT2D eigenvalue weighted by Gasteiger charge is 2.20. The van der Waals surface area contributed by atoms with Crippen LogP contribution in [-0.2, 0) is 6.54 Å². The van der Waals surface area contributed by atoms with E-state index < -0.39 is 0 Å². The minimum absolute atomic E-state index is 0.275. The lowest BCUT2D eigenvalue weighted by atomic mass is 10.1. The van der Waals surface area contributed by atoms with Crippen LogP contribution < -0.4 is 10.1 Å². The predicted octanol–water partition coefficient (Wildman–Crippen LogP) is 2.54. The minimum atomic E-state index is -0.275.